The Balaban J connectivity index is 1.39. The number of thiophene rings is 1. The number of hydrogen-bond donors (Lipinski definition) is 1. The summed E-state index contributed by atoms with van der Waals surface area (Å²) in [5.41, 5.74) is 2.36. The molecule has 3 heterocycles. The third-order valence-corrected chi connectivity index (χ3v) is 6.69. The lowest BCUT2D eigenvalue weighted by Gasteiger charge is -2.31. The van der Waals surface area contributed by atoms with E-state index < -0.39 is 0 Å². The summed E-state index contributed by atoms with van der Waals surface area (Å²) in [6.07, 6.45) is 3.66. The summed E-state index contributed by atoms with van der Waals surface area (Å²) in [5, 5.41) is 6.00. The van der Waals surface area contributed by atoms with Gasteiger partial charge >= 0.3 is 0 Å². The quantitative estimate of drug-likeness (QED) is 0.711. The Morgan fingerprint density at radius 3 is 2.55 bits per heavy atom. The predicted molar refractivity (Wildman–Crippen MR) is 115 cm³/mol. The van der Waals surface area contributed by atoms with E-state index in [-0.39, 0.29) is 17.7 Å². The Labute approximate surface area is 173 Å². The fourth-order valence-electron chi connectivity index (χ4n) is 3.96. The summed E-state index contributed by atoms with van der Waals surface area (Å²) in [5.74, 6) is 0.215. The van der Waals surface area contributed by atoms with E-state index in [4.69, 9.17) is 4.98 Å². The number of aromatic nitrogens is 1. The minimum absolute atomic E-state index is 0.0236. The Hall–Kier alpha value is -2.73. The van der Waals surface area contributed by atoms with Crippen LogP contribution in [0.25, 0.3) is 21.5 Å². The van der Waals surface area contributed by atoms with Crippen LogP contribution in [0.5, 0.6) is 0 Å². The molecule has 1 aliphatic carbocycles. The zero-order valence-electron chi connectivity index (χ0n) is 16.1. The first kappa shape index (κ1) is 18.3. The minimum Gasteiger partial charge on any atom is -0.353 e. The molecule has 0 spiro atoms. The first-order chi connectivity index (χ1) is 14.2. The van der Waals surface area contributed by atoms with Gasteiger partial charge in [0.05, 0.1) is 21.7 Å². The molecule has 6 heteroatoms. The predicted octanol–water partition coefficient (Wildman–Crippen LogP) is 4.09. The number of hydrogen-bond acceptors (Lipinski definition) is 4. The standard InChI is InChI=1S/C23H23N3O2S/c27-22(24-16-7-8-16)15-9-11-26(12-10-15)23(28)18-14-20(21-6-3-13-29-21)25-19-5-2-1-4-17(18)19/h1-6,13-16H,7-12H2,(H,24,27). The Bertz CT molecular complexity index is 1050. The highest BCUT2D eigenvalue weighted by molar-refractivity contribution is 7.13. The summed E-state index contributed by atoms with van der Waals surface area (Å²) in [4.78, 5) is 33.4. The molecule has 1 saturated heterocycles. The van der Waals surface area contributed by atoms with Gasteiger partial charge in [-0.1, -0.05) is 24.3 Å². The number of benzene rings is 1. The number of carbonyl (C=O) groups excluding carboxylic acids is 2. The van der Waals surface area contributed by atoms with Gasteiger partial charge in [-0.05, 0) is 49.3 Å². The number of fused-ring (bicyclic) bond motifs is 1. The van der Waals surface area contributed by atoms with Crippen LogP contribution < -0.4 is 5.32 Å². The first-order valence-corrected chi connectivity index (χ1v) is 11.1. The number of nitrogens with zero attached hydrogens (tertiary/aromatic N) is 2. The smallest absolute Gasteiger partial charge is 0.254 e. The van der Waals surface area contributed by atoms with E-state index >= 15 is 0 Å². The van der Waals surface area contributed by atoms with E-state index in [2.05, 4.69) is 5.32 Å². The number of para-hydroxylation sites is 1. The summed E-state index contributed by atoms with van der Waals surface area (Å²) >= 11 is 1.62. The van der Waals surface area contributed by atoms with Gasteiger partial charge in [0.25, 0.3) is 5.91 Å². The highest BCUT2D eigenvalue weighted by Gasteiger charge is 2.31. The number of pyridine rings is 1. The van der Waals surface area contributed by atoms with E-state index in [1.165, 1.54) is 0 Å². The van der Waals surface area contributed by atoms with Gasteiger partial charge in [-0.2, -0.15) is 0 Å². The molecule has 2 aromatic heterocycles. The van der Waals surface area contributed by atoms with Gasteiger partial charge in [-0.25, -0.2) is 4.98 Å². The van der Waals surface area contributed by atoms with Crippen molar-refractivity contribution >= 4 is 34.1 Å². The van der Waals surface area contributed by atoms with E-state index in [0.29, 0.717) is 24.7 Å². The summed E-state index contributed by atoms with van der Waals surface area (Å²) in [6, 6.07) is 14.1. The molecule has 0 bridgehead atoms. The van der Waals surface area contributed by atoms with Crippen LogP contribution in [-0.2, 0) is 4.79 Å². The highest BCUT2D eigenvalue weighted by atomic mass is 32.1. The highest BCUT2D eigenvalue weighted by Crippen LogP contribution is 2.30. The largest absolute Gasteiger partial charge is 0.353 e. The number of carbonyl (C=O) groups is 2. The number of nitrogens with one attached hydrogen (secondary N) is 1. The van der Waals surface area contributed by atoms with Gasteiger partial charge < -0.3 is 10.2 Å². The third-order valence-electron chi connectivity index (χ3n) is 5.80. The van der Waals surface area contributed by atoms with Crippen molar-refractivity contribution in [3.8, 4) is 10.6 Å². The maximum absolute atomic E-state index is 13.4. The Morgan fingerprint density at radius 2 is 1.83 bits per heavy atom. The number of amides is 2. The Kier molecular flexibility index (Phi) is 4.79. The summed E-state index contributed by atoms with van der Waals surface area (Å²) < 4.78 is 0. The molecular formula is C23H23N3O2S. The summed E-state index contributed by atoms with van der Waals surface area (Å²) in [7, 11) is 0. The van der Waals surface area contributed by atoms with Crippen molar-refractivity contribution in [2.75, 3.05) is 13.1 Å². The number of piperidine rings is 1. The van der Waals surface area contributed by atoms with Crippen LogP contribution >= 0.6 is 11.3 Å². The lowest BCUT2D eigenvalue weighted by Crippen LogP contribution is -2.43. The molecule has 3 aromatic rings. The van der Waals surface area contributed by atoms with Crippen LogP contribution in [0.2, 0.25) is 0 Å². The van der Waals surface area contributed by atoms with Gasteiger partial charge in [0, 0.05) is 30.4 Å². The average molecular weight is 406 g/mol. The molecule has 0 radical (unpaired) electrons. The molecule has 1 N–H and O–H groups in total. The molecule has 0 atom stereocenters. The van der Waals surface area contributed by atoms with Crippen molar-refractivity contribution in [1.29, 1.82) is 0 Å². The Morgan fingerprint density at radius 1 is 1.03 bits per heavy atom. The molecule has 29 heavy (non-hydrogen) atoms. The second-order valence-electron chi connectivity index (χ2n) is 7.90. The van der Waals surface area contributed by atoms with Gasteiger partial charge in [-0.3, -0.25) is 9.59 Å². The molecule has 148 valence electrons. The maximum atomic E-state index is 13.4. The first-order valence-electron chi connectivity index (χ1n) is 10.2. The van der Waals surface area contributed by atoms with Crippen LogP contribution in [0.4, 0.5) is 0 Å². The van der Waals surface area contributed by atoms with Crippen molar-refractivity contribution in [3.63, 3.8) is 0 Å². The number of rotatable bonds is 4. The van der Waals surface area contributed by atoms with Crippen molar-refractivity contribution in [3.05, 3.63) is 53.4 Å². The van der Waals surface area contributed by atoms with Crippen molar-refractivity contribution < 1.29 is 9.59 Å². The monoisotopic (exact) mass is 405 g/mol. The second-order valence-corrected chi connectivity index (χ2v) is 8.85. The SMILES string of the molecule is O=C(NC1CC1)C1CCN(C(=O)c2cc(-c3cccs3)nc3ccccc23)CC1. The molecule has 5 rings (SSSR count). The fraction of sp³-hybridized carbons (Fsp3) is 0.348. The molecule has 0 unspecified atom stereocenters. The molecule has 1 aromatic carbocycles. The topological polar surface area (TPSA) is 62.3 Å². The molecular weight excluding hydrogens is 382 g/mol. The molecule has 1 saturated carbocycles. The van der Waals surface area contributed by atoms with Crippen LogP contribution in [0.15, 0.2) is 47.8 Å². The van der Waals surface area contributed by atoms with Gasteiger partial charge in [0.1, 0.15) is 0 Å². The van der Waals surface area contributed by atoms with Crippen molar-refractivity contribution in [2.45, 2.75) is 31.7 Å². The maximum Gasteiger partial charge on any atom is 0.254 e. The van der Waals surface area contributed by atoms with Gasteiger partial charge in [-0.15, -0.1) is 11.3 Å². The zero-order chi connectivity index (χ0) is 19.8. The van der Waals surface area contributed by atoms with Gasteiger partial charge in [0.2, 0.25) is 5.91 Å². The van der Waals surface area contributed by atoms with Gasteiger partial charge in [0.15, 0.2) is 0 Å². The van der Waals surface area contributed by atoms with Crippen LogP contribution in [0.1, 0.15) is 36.0 Å². The lowest BCUT2D eigenvalue weighted by atomic mass is 9.95. The van der Waals surface area contributed by atoms with Crippen LogP contribution in [-0.4, -0.2) is 40.8 Å². The molecule has 5 nitrogen and oxygen atoms in total. The van der Waals surface area contributed by atoms with Crippen molar-refractivity contribution in [2.24, 2.45) is 5.92 Å². The van der Waals surface area contributed by atoms with Crippen molar-refractivity contribution in [1.82, 2.24) is 15.2 Å². The molecule has 2 fully saturated rings. The molecule has 2 aliphatic rings. The van der Waals surface area contributed by atoms with E-state index in [1.54, 1.807) is 11.3 Å². The number of likely N-dealkylation sites (tertiary alicyclic amines) is 1. The lowest BCUT2D eigenvalue weighted by molar-refractivity contribution is -0.126. The minimum atomic E-state index is 0.0236. The average Bonchev–Trinajstić information content (AvgIpc) is 3.40. The normalized spacial score (nSPS) is 17.4. The van der Waals surface area contributed by atoms with E-state index in [9.17, 15) is 9.59 Å². The zero-order valence-corrected chi connectivity index (χ0v) is 17.0. The third kappa shape index (κ3) is 3.77. The molecule has 2 amide bonds. The van der Waals surface area contributed by atoms with E-state index in [0.717, 1.165) is 47.2 Å². The summed E-state index contributed by atoms with van der Waals surface area (Å²) in [6.45, 7) is 1.24. The second kappa shape index (κ2) is 7.59. The van der Waals surface area contributed by atoms with Crippen LogP contribution in [0.3, 0.4) is 0 Å². The van der Waals surface area contributed by atoms with E-state index in [1.807, 2.05) is 52.7 Å². The molecule has 1 aliphatic heterocycles. The fourth-order valence-corrected chi connectivity index (χ4v) is 4.65. The van der Waals surface area contributed by atoms with Crippen LogP contribution in [0, 0.1) is 5.92 Å².